The van der Waals surface area contributed by atoms with Crippen LogP contribution in [0.1, 0.15) is 46.0 Å². The molecular weight excluding hydrogens is 392 g/mol. The third-order valence-corrected chi connectivity index (χ3v) is 6.21. The molecule has 1 N–H and O–H groups in total. The van der Waals surface area contributed by atoms with Gasteiger partial charge in [0, 0.05) is 23.7 Å². The number of nitrogens with zero attached hydrogens (tertiary/aromatic N) is 3. The lowest BCUT2D eigenvalue weighted by atomic mass is 9.97. The first kappa shape index (κ1) is 20.9. The minimum atomic E-state index is -0.234. The van der Waals surface area contributed by atoms with Gasteiger partial charge in [0.25, 0.3) is 0 Å². The fourth-order valence-electron chi connectivity index (χ4n) is 3.34. The number of carbonyl (C=O) groups is 1. The number of thioether (sulfide) groups is 1. The maximum absolute atomic E-state index is 12.5. The standard InChI is InChI=1S/C21H27ClN4OS/c1-3-26-19(17-10-7-11-18(22)14-17)24-25-21(26)28-15(2)20(27)23-13-12-16-8-5-4-6-9-16/h7-8,10-11,14-15H,3-6,9,12-13H2,1-2H3,(H,23,27). The van der Waals surface area contributed by atoms with Crippen molar-refractivity contribution in [2.45, 2.75) is 62.9 Å². The van der Waals surface area contributed by atoms with E-state index in [0.717, 1.165) is 29.5 Å². The van der Waals surface area contributed by atoms with Crippen LogP contribution in [-0.4, -0.2) is 32.5 Å². The van der Waals surface area contributed by atoms with Crippen molar-refractivity contribution in [3.8, 4) is 11.4 Å². The molecule has 7 heteroatoms. The molecule has 0 radical (unpaired) electrons. The second-order valence-electron chi connectivity index (χ2n) is 6.97. The number of halogens is 1. The van der Waals surface area contributed by atoms with Gasteiger partial charge in [0.2, 0.25) is 5.91 Å². The van der Waals surface area contributed by atoms with Crippen molar-refractivity contribution >= 4 is 29.3 Å². The van der Waals surface area contributed by atoms with Crippen molar-refractivity contribution in [1.29, 1.82) is 0 Å². The van der Waals surface area contributed by atoms with Gasteiger partial charge in [-0.1, -0.05) is 47.1 Å². The number of hydrogen-bond acceptors (Lipinski definition) is 4. The van der Waals surface area contributed by atoms with Crippen molar-refractivity contribution in [2.75, 3.05) is 6.54 Å². The quantitative estimate of drug-likeness (QED) is 0.478. The summed E-state index contributed by atoms with van der Waals surface area (Å²) in [7, 11) is 0. The minimum absolute atomic E-state index is 0.0383. The Morgan fingerprint density at radius 2 is 2.21 bits per heavy atom. The fourth-order valence-corrected chi connectivity index (χ4v) is 4.46. The van der Waals surface area contributed by atoms with Crippen molar-refractivity contribution in [1.82, 2.24) is 20.1 Å². The number of nitrogens with one attached hydrogen (secondary N) is 1. The van der Waals surface area contributed by atoms with Crippen LogP contribution in [0.5, 0.6) is 0 Å². The molecular formula is C21H27ClN4OS. The molecule has 0 saturated heterocycles. The van der Waals surface area contributed by atoms with Crippen molar-refractivity contribution in [3.05, 3.63) is 40.9 Å². The summed E-state index contributed by atoms with van der Waals surface area (Å²) in [5.41, 5.74) is 2.40. The van der Waals surface area contributed by atoms with Crippen LogP contribution in [0.15, 0.2) is 41.1 Å². The van der Waals surface area contributed by atoms with Crippen LogP contribution in [0.4, 0.5) is 0 Å². The van der Waals surface area contributed by atoms with E-state index in [1.54, 1.807) is 0 Å². The second kappa shape index (κ2) is 10.1. The number of amides is 1. The number of carbonyl (C=O) groups excluding carboxylic acids is 1. The van der Waals surface area contributed by atoms with E-state index in [2.05, 4.69) is 21.6 Å². The molecule has 5 nitrogen and oxygen atoms in total. The monoisotopic (exact) mass is 418 g/mol. The van der Waals surface area contributed by atoms with Gasteiger partial charge in [0.1, 0.15) is 0 Å². The van der Waals surface area contributed by atoms with Gasteiger partial charge in [-0.05, 0) is 58.1 Å². The Morgan fingerprint density at radius 1 is 1.36 bits per heavy atom. The molecule has 0 fully saturated rings. The van der Waals surface area contributed by atoms with Crippen LogP contribution >= 0.6 is 23.4 Å². The molecule has 3 rings (SSSR count). The summed E-state index contributed by atoms with van der Waals surface area (Å²) in [6.45, 7) is 5.38. The Kier molecular flexibility index (Phi) is 7.57. The molecule has 1 unspecified atom stereocenters. The zero-order chi connectivity index (χ0) is 19.9. The second-order valence-corrected chi connectivity index (χ2v) is 8.71. The van der Waals surface area contributed by atoms with E-state index in [-0.39, 0.29) is 11.2 Å². The maximum atomic E-state index is 12.5. The highest BCUT2D eigenvalue weighted by Crippen LogP contribution is 2.28. The highest BCUT2D eigenvalue weighted by Gasteiger charge is 2.20. The lowest BCUT2D eigenvalue weighted by Gasteiger charge is -2.15. The molecule has 0 saturated carbocycles. The van der Waals surface area contributed by atoms with Crippen molar-refractivity contribution in [2.24, 2.45) is 0 Å². The molecule has 0 spiro atoms. The normalized spacial score (nSPS) is 15.2. The predicted octanol–water partition coefficient (Wildman–Crippen LogP) is 5.11. The van der Waals surface area contributed by atoms with Crippen LogP contribution in [0.2, 0.25) is 5.02 Å². The third-order valence-electron chi connectivity index (χ3n) is 4.90. The molecule has 2 aromatic rings. The average Bonchev–Trinajstić information content (AvgIpc) is 3.11. The summed E-state index contributed by atoms with van der Waals surface area (Å²) < 4.78 is 2.02. The van der Waals surface area contributed by atoms with E-state index in [4.69, 9.17) is 11.6 Å². The highest BCUT2D eigenvalue weighted by molar-refractivity contribution is 8.00. The van der Waals surface area contributed by atoms with E-state index in [1.807, 2.05) is 42.7 Å². The molecule has 1 aliphatic carbocycles. The lowest BCUT2D eigenvalue weighted by Crippen LogP contribution is -2.32. The van der Waals surface area contributed by atoms with Gasteiger partial charge in [-0.25, -0.2) is 0 Å². The van der Waals surface area contributed by atoms with E-state index in [0.29, 0.717) is 11.6 Å². The number of rotatable bonds is 8. The molecule has 0 bridgehead atoms. The Balaban J connectivity index is 1.59. The van der Waals surface area contributed by atoms with Crippen LogP contribution < -0.4 is 5.32 Å². The molecule has 1 aromatic heterocycles. The van der Waals surface area contributed by atoms with E-state index < -0.39 is 0 Å². The summed E-state index contributed by atoms with van der Waals surface area (Å²) in [6.07, 6.45) is 8.19. The van der Waals surface area contributed by atoms with Gasteiger partial charge >= 0.3 is 0 Å². The molecule has 150 valence electrons. The first-order valence-electron chi connectivity index (χ1n) is 9.90. The lowest BCUT2D eigenvalue weighted by molar-refractivity contribution is -0.120. The van der Waals surface area contributed by atoms with Gasteiger partial charge in [-0.3, -0.25) is 4.79 Å². The van der Waals surface area contributed by atoms with Crippen LogP contribution in [0.3, 0.4) is 0 Å². The number of allylic oxidation sites excluding steroid dienone is 1. The summed E-state index contributed by atoms with van der Waals surface area (Å²) in [4.78, 5) is 12.5. The average molecular weight is 419 g/mol. The summed E-state index contributed by atoms with van der Waals surface area (Å²) >= 11 is 7.55. The molecule has 1 amide bonds. The molecule has 28 heavy (non-hydrogen) atoms. The molecule has 1 aromatic carbocycles. The zero-order valence-corrected chi connectivity index (χ0v) is 18.0. The molecule has 1 atom stereocenters. The molecule has 1 aliphatic rings. The minimum Gasteiger partial charge on any atom is -0.355 e. The van der Waals surface area contributed by atoms with Gasteiger partial charge in [-0.15, -0.1) is 10.2 Å². The zero-order valence-electron chi connectivity index (χ0n) is 16.4. The summed E-state index contributed by atoms with van der Waals surface area (Å²) in [5.74, 6) is 0.806. The first-order chi connectivity index (χ1) is 13.6. The van der Waals surface area contributed by atoms with Gasteiger partial charge in [0.15, 0.2) is 11.0 Å². The van der Waals surface area contributed by atoms with Crippen molar-refractivity contribution in [3.63, 3.8) is 0 Å². The highest BCUT2D eigenvalue weighted by atomic mass is 35.5. The SMILES string of the molecule is CCn1c(SC(C)C(=O)NCCC2=CCCCC2)nnc1-c1cccc(Cl)c1. The predicted molar refractivity (Wildman–Crippen MR) is 116 cm³/mol. The van der Waals surface area contributed by atoms with E-state index >= 15 is 0 Å². The van der Waals surface area contributed by atoms with Crippen LogP contribution in [0.25, 0.3) is 11.4 Å². The Morgan fingerprint density at radius 3 is 2.93 bits per heavy atom. The smallest absolute Gasteiger partial charge is 0.233 e. The molecule has 0 aliphatic heterocycles. The van der Waals surface area contributed by atoms with Gasteiger partial charge < -0.3 is 9.88 Å². The largest absolute Gasteiger partial charge is 0.355 e. The van der Waals surface area contributed by atoms with E-state index in [1.165, 1.54) is 43.0 Å². The van der Waals surface area contributed by atoms with Crippen molar-refractivity contribution < 1.29 is 4.79 Å². The van der Waals surface area contributed by atoms with Gasteiger partial charge in [-0.2, -0.15) is 0 Å². The van der Waals surface area contributed by atoms with Crippen LogP contribution in [0, 0.1) is 0 Å². The number of aromatic nitrogens is 3. The Labute approximate surface area is 176 Å². The maximum Gasteiger partial charge on any atom is 0.233 e. The summed E-state index contributed by atoms with van der Waals surface area (Å²) in [6, 6.07) is 7.58. The topological polar surface area (TPSA) is 59.8 Å². The fraction of sp³-hybridized carbons (Fsp3) is 0.476. The Hall–Kier alpha value is -1.79. The van der Waals surface area contributed by atoms with Crippen LogP contribution in [-0.2, 0) is 11.3 Å². The molecule has 1 heterocycles. The van der Waals surface area contributed by atoms with Gasteiger partial charge in [0.05, 0.1) is 5.25 Å². The summed E-state index contributed by atoms with van der Waals surface area (Å²) in [5, 5.41) is 12.9. The number of hydrogen-bond donors (Lipinski definition) is 1. The first-order valence-corrected chi connectivity index (χ1v) is 11.2. The van der Waals surface area contributed by atoms with E-state index in [9.17, 15) is 4.79 Å². The number of benzene rings is 1. The Bertz CT molecular complexity index is 849. The third kappa shape index (κ3) is 5.39.